The van der Waals surface area contributed by atoms with Crippen LogP contribution in [0.25, 0.3) is 0 Å². The third-order valence-corrected chi connectivity index (χ3v) is 4.03. The first-order valence-electron chi connectivity index (χ1n) is 9.66. The van der Waals surface area contributed by atoms with E-state index in [0.29, 0.717) is 0 Å². The molecule has 22 heavy (non-hydrogen) atoms. The van der Waals surface area contributed by atoms with Crippen molar-refractivity contribution in [1.82, 2.24) is 0 Å². The van der Waals surface area contributed by atoms with Gasteiger partial charge < -0.3 is 4.48 Å². The summed E-state index contributed by atoms with van der Waals surface area (Å²) in [5.74, 6) is 0. The lowest BCUT2D eigenvalue weighted by atomic mass is 10.1. The predicted molar refractivity (Wildman–Crippen MR) is 102 cm³/mol. The molecule has 0 aliphatic heterocycles. The molecule has 1 heteroatoms. The van der Waals surface area contributed by atoms with Gasteiger partial charge in [-0.2, -0.15) is 0 Å². The third-order valence-electron chi connectivity index (χ3n) is 4.03. The van der Waals surface area contributed by atoms with Crippen molar-refractivity contribution in [2.75, 3.05) is 27.7 Å². The lowest BCUT2D eigenvalue weighted by Crippen LogP contribution is -2.35. The summed E-state index contributed by atoms with van der Waals surface area (Å²) in [5.41, 5.74) is 0. The molecule has 0 aliphatic rings. The molecule has 0 aromatic heterocycles. The van der Waals surface area contributed by atoms with Crippen molar-refractivity contribution in [2.45, 2.75) is 84.0 Å². The molecular weight excluding hydrogens is 266 g/mol. The van der Waals surface area contributed by atoms with Gasteiger partial charge in [0.1, 0.15) is 0 Å². The maximum absolute atomic E-state index is 2.37. The van der Waals surface area contributed by atoms with Gasteiger partial charge in [-0.1, -0.05) is 63.3 Å². The first-order chi connectivity index (χ1) is 10.6. The van der Waals surface area contributed by atoms with Crippen molar-refractivity contribution in [3.05, 3.63) is 24.3 Å². The lowest BCUT2D eigenvalue weighted by Gasteiger charge is -2.23. The summed E-state index contributed by atoms with van der Waals surface area (Å²) in [6.45, 7) is 3.58. The Balaban J connectivity index is 3.20. The summed E-state index contributed by atoms with van der Waals surface area (Å²) in [5, 5.41) is 0. The fraction of sp³-hybridized carbons (Fsp3) is 0.810. The average molecular weight is 309 g/mol. The molecule has 0 aliphatic carbocycles. The van der Waals surface area contributed by atoms with Gasteiger partial charge in [0.15, 0.2) is 0 Å². The van der Waals surface area contributed by atoms with Crippen LogP contribution in [0.3, 0.4) is 0 Å². The van der Waals surface area contributed by atoms with E-state index in [1.807, 2.05) is 0 Å². The molecule has 0 N–H and O–H groups in total. The van der Waals surface area contributed by atoms with E-state index in [1.54, 1.807) is 0 Å². The van der Waals surface area contributed by atoms with Crippen LogP contribution in [0.1, 0.15) is 84.0 Å². The number of hydrogen-bond donors (Lipinski definition) is 0. The smallest absolute Gasteiger partial charge is 0.0780 e. The summed E-state index contributed by atoms with van der Waals surface area (Å²) >= 11 is 0. The Hall–Kier alpha value is -0.560. The van der Waals surface area contributed by atoms with Gasteiger partial charge in [-0.15, -0.1) is 0 Å². The maximum atomic E-state index is 2.37. The zero-order valence-corrected chi connectivity index (χ0v) is 15.9. The quantitative estimate of drug-likeness (QED) is 0.184. The highest BCUT2D eigenvalue weighted by atomic mass is 15.3. The van der Waals surface area contributed by atoms with Crippen molar-refractivity contribution in [1.29, 1.82) is 0 Å². The topological polar surface area (TPSA) is 0 Å². The zero-order chi connectivity index (χ0) is 16.5. The van der Waals surface area contributed by atoms with Crippen molar-refractivity contribution in [2.24, 2.45) is 0 Å². The van der Waals surface area contributed by atoms with E-state index in [4.69, 9.17) is 0 Å². The monoisotopic (exact) mass is 308 g/mol. The van der Waals surface area contributed by atoms with Gasteiger partial charge in [0.05, 0.1) is 27.7 Å². The normalized spacial score (nSPS) is 12.7. The van der Waals surface area contributed by atoms with Crippen LogP contribution >= 0.6 is 0 Å². The van der Waals surface area contributed by atoms with Crippen LogP contribution in [-0.2, 0) is 0 Å². The van der Waals surface area contributed by atoms with Gasteiger partial charge >= 0.3 is 0 Å². The molecule has 0 radical (unpaired) electrons. The standard InChI is InChI=1S/C21H42N/c1-5-6-7-8-9-10-11-12-13-14-15-16-17-18-19-20-21-22(2,3)4/h9-10,12-13H,5-8,11,14-21H2,1-4H3/q+1/b10-9-,13-12-. The van der Waals surface area contributed by atoms with Crippen LogP contribution < -0.4 is 0 Å². The Morgan fingerprint density at radius 1 is 0.591 bits per heavy atom. The molecule has 0 amide bonds. The Bertz CT molecular complexity index is 270. The minimum Gasteiger partial charge on any atom is -0.331 e. The number of quaternary nitrogens is 1. The summed E-state index contributed by atoms with van der Waals surface area (Å²) in [6.07, 6.45) is 25.5. The third kappa shape index (κ3) is 19.4. The molecule has 0 rings (SSSR count). The Morgan fingerprint density at radius 3 is 1.64 bits per heavy atom. The van der Waals surface area contributed by atoms with Crippen LogP contribution in [0.5, 0.6) is 0 Å². The van der Waals surface area contributed by atoms with Crippen LogP contribution in [0.4, 0.5) is 0 Å². The second kappa shape index (κ2) is 15.3. The Labute approximate surface area is 141 Å². The van der Waals surface area contributed by atoms with Crippen molar-refractivity contribution >= 4 is 0 Å². The SMILES string of the molecule is CCCCC/C=C\C/C=C\CCCCCCCC[N+](C)(C)C. The minimum absolute atomic E-state index is 1.11. The molecule has 0 saturated carbocycles. The van der Waals surface area contributed by atoms with E-state index in [1.165, 1.54) is 77.2 Å². The summed E-state index contributed by atoms with van der Waals surface area (Å²) in [6, 6.07) is 0. The molecule has 0 fully saturated rings. The average Bonchev–Trinajstić information content (AvgIpc) is 2.45. The van der Waals surface area contributed by atoms with Gasteiger partial charge in [0, 0.05) is 0 Å². The highest BCUT2D eigenvalue weighted by Gasteiger charge is 2.04. The van der Waals surface area contributed by atoms with E-state index in [9.17, 15) is 0 Å². The van der Waals surface area contributed by atoms with E-state index in [2.05, 4.69) is 52.4 Å². The molecule has 0 saturated heterocycles. The first-order valence-corrected chi connectivity index (χ1v) is 9.66. The van der Waals surface area contributed by atoms with Gasteiger partial charge in [-0.05, 0) is 44.9 Å². The molecule has 1 nitrogen and oxygen atoms in total. The highest BCUT2D eigenvalue weighted by molar-refractivity contribution is 4.92. The van der Waals surface area contributed by atoms with Crippen molar-refractivity contribution in [3.63, 3.8) is 0 Å². The second-order valence-corrected chi connectivity index (χ2v) is 7.60. The number of allylic oxidation sites excluding steroid dienone is 4. The second-order valence-electron chi connectivity index (χ2n) is 7.60. The summed E-state index contributed by atoms with van der Waals surface area (Å²) in [7, 11) is 6.85. The van der Waals surface area contributed by atoms with Gasteiger partial charge in [0.25, 0.3) is 0 Å². The highest BCUT2D eigenvalue weighted by Crippen LogP contribution is 2.09. The maximum Gasteiger partial charge on any atom is 0.0780 e. The van der Waals surface area contributed by atoms with Gasteiger partial charge in [-0.3, -0.25) is 0 Å². The molecule has 0 bridgehead atoms. The molecule has 0 unspecified atom stereocenters. The van der Waals surface area contributed by atoms with Crippen molar-refractivity contribution in [3.8, 4) is 0 Å². The van der Waals surface area contributed by atoms with Crippen molar-refractivity contribution < 1.29 is 4.48 Å². The zero-order valence-electron chi connectivity index (χ0n) is 15.9. The predicted octanol–water partition coefficient (Wildman–Crippen LogP) is 6.51. The number of rotatable bonds is 15. The largest absolute Gasteiger partial charge is 0.331 e. The van der Waals surface area contributed by atoms with Gasteiger partial charge in [-0.25, -0.2) is 0 Å². The Kier molecular flexibility index (Phi) is 14.9. The molecular formula is C21H42N+. The van der Waals surface area contributed by atoms with Crippen LogP contribution in [0.15, 0.2) is 24.3 Å². The molecule has 130 valence electrons. The van der Waals surface area contributed by atoms with E-state index in [0.717, 1.165) is 10.9 Å². The molecule has 0 heterocycles. The van der Waals surface area contributed by atoms with Crippen LogP contribution in [0.2, 0.25) is 0 Å². The summed E-state index contributed by atoms with van der Waals surface area (Å²) in [4.78, 5) is 0. The molecule has 0 aromatic carbocycles. The first kappa shape index (κ1) is 21.4. The Morgan fingerprint density at radius 2 is 1.09 bits per heavy atom. The molecule has 0 atom stereocenters. The van der Waals surface area contributed by atoms with E-state index in [-0.39, 0.29) is 0 Å². The summed E-state index contributed by atoms with van der Waals surface area (Å²) < 4.78 is 1.11. The number of unbranched alkanes of at least 4 members (excludes halogenated alkanes) is 9. The fourth-order valence-electron chi connectivity index (χ4n) is 2.57. The van der Waals surface area contributed by atoms with Gasteiger partial charge in [0.2, 0.25) is 0 Å². The number of nitrogens with zero attached hydrogens (tertiary/aromatic N) is 1. The van der Waals surface area contributed by atoms with Crippen LogP contribution in [-0.4, -0.2) is 32.2 Å². The lowest BCUT2D eigenvalue weighted by molar-refractivity contribution is -0.870. The van der Waals surface area contributed by atoms with Crippen LogP contribution in [0, 0.1) is 0 Å². The fourth-order valence-corrected chi connectivity index (χ4v) is 2.57. The molecule has 0 spiro atoms. The molecule has 0 aromatic rings. The number of hydrogen-bond acceptors (Lipinski definition) is 0. The van der Waals surface area contributed by atoms with E-state index < -0.39 is 0 Å². The minimum atomic E-state index is 1.11. The van der Waals surface area contributed by atoms with E-state index >= 15 is 0 Å².